The molecule has 1 saturated carbocycles. The molecule has 0 aromatic rings. The van der Waals surface area contributed by atoms with E-state index in [1.807, 2.05) is 6.92 Å². The van der Waals surface area contributed by atoms with Gasteiger partial charge in [0.1, 0.15) is 0 Å². The van der Waals surface area contributed by atoms with Crippen molar-refractivity contribution in [2.45, 2.75) is 39.0 Å². The van der Waals surface area contributed by atoms with Crippen molar-refractivity contribution in [3.8, 4) is 0 Å². The van der Waals surface area contributed by atoms with Crippen molar-refractivity contribution in [3.05, 3.63) is 12.2 Å². The quantitative estimate of drug-likeness (QED) is 0.652. The van der Waals surface area contributed by atoms with E-state index in [0.717, 1.165) is 25.7 Å². The van der Waals surface area contributed by atoms with Gasteiger partial charge in [-0.05, 0) is 44.4 Å². The van der Waals surface area contributed by atoms with Crippen LogP contribution in [0, 0.1) is 17.3 Å². The van der Waals surface area contributed by atoms with Crippen LogP contribution in [-0.4, -0.2) is 11.1 Å². The van der Waals surface area contributed by atoms with Gasteiger partial charge in [-0.25, -0.2) is 0 Å². The van der Waals surface area contributed by atoms with E-state index in [1.54, 1.807) is 0 Å². The lowest BCUT2D eigenvalue weighted by Gasteiger charge is -2.44. The predicted molar refractivity (Wildman–Crippen MR) is 54.9 cm³/mol. The largest absolute Gasteiger partial charge is 0.481 e. The van der Waals surface area contributed by atoms with Gasteiger partial charge >= 0.3 is 5.97 Å². The van der Waals surface area contributed by atoms with Crippen LogP contribution in [0.2, 0.25) is 0 Å². The third kappa shape index (κ3) is 1.37. The number of aliphatic carboxylic acids is 1. The smallest absolute Gasteiger partial charge is 0.309 e. The summed E-state index contributed by atoms with van der Waals surface area (Å²) in [7, 11) is 0. The summed E-state index contributed by atoms with van der Waals surface area (Å²) in [6.07, 6.45) is 9.69. The summed E-state index contributed by atoms with van der Waals surface area (Å²) in [4.78, 5) is 11.3. The van der Waals surface area contributed by atoms with Crippen molar-refractivity contribution in [1.82, 2.24) is 0 Å². The number of allylic oxidation sites excluding steroid dienone is 2. The molecule has 1 fully saturated rings. The highest BCUT2D eigenvalue weighted by molar-refractivity contribution is 5.74. The van der Waals surface area contributed by atoms with Crippen molar-refractivity contribution >= 4 is 5.97 Å². The number of fused-ring (bicyclic) bond motifs is 1. The van der Waals surface area contributed by atoms with E-state index in [1.165, 1.54) is 6.42 Å². The highest BCUT2D eigenvalue weighted by atomic mass is 16.4. The molecular formula is C12H18O2. The lowest BCUT2D eigenvalue weighted by atomic mass is 9.60. The zero-order chi connectivity index (χ0) is 10.2. The SMILES string of the molecule is CC1(C(=O)O)CCCC2C=CCCC21. The maximum absolute atomic E-state index is 11.3. The normalized spacial score (nSPS) is 41.8. The average Bonchev–Trinajstić information content (AvgIpc) is 2.18. The third-order valence-corrected chi connectivity index (χ3v) is 4.08. The molecule has 0 radical (unpaired) electrons. The maximum atomic E-state index is 11.3. The fraction of sp³-hybridized carbons (Fsp3) is 0.750. The molecule has 0 bridgehead atoms. The minimum Gasteiger partial charge on any atom is -0.481 e. The second-order valence-corrected chi connectivity index (χ2v) is 4.89. The first-order valence-corrected chi connectivity index (χ1v) is 5.54. The summed E-state index contributed by atoms with van der Waals surface area (Å²) >= 11 is 0. The van der Waals surface area contributed by atoms with Gasteiger partial charge in [-0.15, -0.1) is 0 Å². The Kier molecular flexibility index (Phi) is 2.38. The topological polar surface area (TPSA) is 37.3 Å². The molecular weight excluding hydrogens is 176 g/mol. The number of carboxylic acids is 1. The minimum atomic E-state index is -0.595. The number of carboxylic acid groups (broad SMARTS) is 1. The average molecular weight is 194 g/mol. The molecule has 0 aromatic heterocycles. The fourth-order valence-electron chi connectivity index (χ4n) is 3.14. The molecule has 0 heterocycles. The van der Waals surface area contributed by atoms with Gasteiger partial charge in [0.15, 0.2) is 0 Å². The van der Waals surface area contributed by atoms with E-state index in [9.17, 15) is 9.90 Å². The van der Waals surface area contributed by atoms with E-state index in [4.69, 9.17) is 0 Å². The standard InChI is InChI=1S/C12H18O2/c1-12(11(13)14)8-4-6-9-5-2-3-7-10(9)12/h2,5,9-10H,3-4,6-8H2,1H3,(H,13,14). The summed E-state index contributed by atoms with van der Waals surface area (Å²) in [5, 5.41) is 9.31. The first-order chi connectivity index (χ1) is 6.64. The monoisotopic (exact) mass is 194 g/mol. The third-order valence-electron chi connectivity index (χ3n) is 4.08. The fourth-order valence-corrected chi connectivity index (χ4v) is 3.14. The van der Waals surface area contributed by atoms with E-state index in [0.29, 0.717) is 11.8 Å². The second kappa shape index (κ2) is 3.41. The Labute approximate surface area is 85.0 Å². The van der Waals surface area contributed by atoms with Crippen LogP contribution in [0.3, 0.4) is 0 Å². The molecule has 1 N–H and O–H groups in total. The van der Waals surface area contributed by atoms with Gasteiger partial charge in [0, 0.05) is 0 Å². The number of carbonyl (C=O) groups is 1. The van der Waals surface area contributed by atoms with Crippen LogP contribution in [0.25, 0.3) is 0 Å². The summed E-state index contributed by atoms with van der Waals surface area (Å²) in [5.74, 6) is 0.305. The van der Waals surface area contributed by atoms with Crippen LogP contribution in [0.5, 0.6) is 0 Å². The number of hydrogen-bond acceptors (Lipinski definition) is 1. The predicted octanol–water partition coefficient (Wildman–Crippen LogP) is 2.84. The Balaban J connectivity index is 2.26. The van der Waals surface area contributed by atoms with Crippen LogP contribution in [0.4, 0.5) is 0 Å². The van der Waals surface area contributed by atoms with Crippen LogP contribution in [0.1, 0.15) is 39.0 Å². The Bertz CT molecular complexity index is 269. The molecule has 0 aliphatic heterocycles. The highest BCUT2D eigenvalue weighted by Gasteiger charge is 2.46. The Morgan fingerprint density at radius 1 is 1.50 bits per heavy atom. The molecule has 0 aromatic carbocycles. The van der Waals surface area contributed by atoms with Gasteiger partial charge in [-0.3, -0.25) is 4.79 Å². The lowest BCUT2D eigenvalue weighted by Crippen LogP contribution is -2.43. The molecule has 3 unspecified atom stereocenters. The van der Waals surface area contributed by atoms with Crippen LogP contribution < -0.4 is 0 Å². The summed E-state index contributed by atoms with van der Waals surface area (Å²) in [6.45, 7) is 1.94. The Morgan fingerprint density at radius 3 is 3.00 bits per heavy atom. The summed E-state index contributed by atoms with van der Waals surface area (Å²) in [6, 6.07) is 0. The summed E-state index contributed by atoms with van der Waals surface area (Å²) in [5.41, 5.74) is -0.465. The van der Waals surface area contributed by atoms with Gasteiger partial charge in [-0.2, -0.15) is 0 Å². The summed E-state index contributed by atoms with van der Waals surface area (Å²) < 4.78 is 0. The van der Waals surface area contributed by atoms with Crippen molar-refractivity contribution in [1.29, 1.82) is 0 Å². The van der Waals surface area contributed by atoms with E-state index >= 15 is 0 Å². The molecule has 14 heavy (non-hydrogen) atoms. The van der Waals surface area contributed by atoms with Crippen molar-refractivity contribution < 1.29 is 9.90 Å². The van der Waals surface area contributed by atoms with Gasteiger partial charge < -0.3 is 5.11 Å². The van der Waals surface area contributed by atoms with Gasteiger partial charge in [-0.1, -0.05) is 18.6 Å². The van der Waals surface area contributed by atoms with Gasteiger partial charge in [0.05, 0.1) is 5.41 Å². The first kappa shape index (κ1) is 9.75. The molecule has 2 heteroatoms. The zero-order valence-electron chi connectivity index (χ0n) is 8.70. The van der Waals surface area contributed by atoms with Crippen molar-refractivity contribution in [2.24, 2.45) is 17.3 Å². The lowest BCUT2D eigenvalue weighted by molar-refractivity contribution is -0.155. The first-order valence-electron chi connectivity index (χ1n) is 5.54. The molecule has 0 spiro atoms. The van der Waals surface area contributed by atoms with Gasteiger partial charge in [0.2, 0.25) is 0 Å². The number of hydrogen-bond donors (Lipinski definition) is 1. The minimum absolute atomic E-state index is 0.374. The van der Waals surface area contributed by atoms with E-state index < -0.39 is 11.4 Å². The molecule has 2 nitrogen and oxygen atoms in total. The maximum Gasteiger partial charge on any atom is 0.309 e. The molecule has 0 saturated heterocycles. The molecule has 2 aliphatic carbocycles. The van der Waals surface area contributed by atoms with Crippen LogP contribution >= 0.6 is 0 Å². The number of rotatable bonds is 1. The second-order valence-electron chi connectivity index (χ2n) is 4.89. The van der Waals surface area contributed by atoms with E-state index in [-0.39, 0.29) is 0 Å². The van der Waals surface area contributed by atoms with Gasteiger partial charge in [0.25, 0.3) is 0 Å². The Morgan fingerprint density at radius 2 is 2.29 bits per heavy atom. The highest BCUT2D eigenvalue weighted by Crippen LogP contribution is 2.48. The van der Waals surface area contributed by atoms with Crippen molar-refractivity contribution in [2.75, 3.05) is 0 Å². The molecule has 2 aliphatic rings. The molecule has 3 atom stereocenters. The van der Waals surface area contributed by atoms with E-state index in [2.05, 4.69) is 12.2 Å². The zero-order valence-corrected chi connectivity index (χ0v) is 8.70. The molecule has 0 amide bonds. The molecule has 2 rings (SSSR count). The van der Waals surface area contributed by atoms with Crippen molar-refractivity contribution in [3.63, 3.8) is 0 Å². The Hall–Kier alpha value is -0.790. The van der Waals surface area contributed by atoms with Crippen LogP contribution in [-0.2, 0) is 4.79 Å². The van der Waals surface area contributed by atoms with Crippen LogP contribution in [0.15, 0.2) is 12.2 Å². The molecule has 78 valence electrons.